The highest BCUT2D eigenvalue weighted by atomic mass is 32.2. The van der Waals surface area contributed by atoms with Crippen molar-refractivity contribution in [2.24, 2.45) is 4.99 Å². The number of nitrogens with zero attached hydrogens (tertiary/aromatic N) is 1. The molecule has 2 heteroatoms. The Morgan fingerprint density at radius 2 is 1.88 bits per heavy atom. The van der Waals surface area contributed by atoms with E-state index in [0.717, 1.165) is 12.1 Å². The van der Waals surface area contributed by atoms with Gasteiger partial charge < -0.3 is 0 Å². The van der Waals surface area contributed by atoms with E-state index in [1.807, 2.05) is 0 Å². The number of unbranched alkanes of at least 4 members (excludes halogenated alkanes) is 1. The van der Waals surface area contributed by atoms with Gasteiger partial charge in [-0.2, -0.15) is 0 Å². The average molecular weight is 235 g/mol. The zero-order valence-electron chi connectivity index (χ0n) is 10.5. The second-order valence-electron chi connectivity index (χ2n) is 3.83. The van der Waals surface area contributed by atoms with Gasteiger partial charge in [0.15, 0.2) is 0 Å². The van der Waals surface area contributed by atoms with Crippen LogP contribution in [0.4, 0.5) is 5.69 Å². The summed E-state index contributed by atoms with van der Waals surface area (Å²) in [7, 11) is 0. The third kappa shape index (κ3) is 4.40. The van der Waals surface area contributed by atoms with Crippen molar-refractivity contribution in [1.82, 2.24) is 0 Å². The van der Waals surface area contributed by atoms with Crippen LogP contribution in [-0.4, -0.2) is 11.3 Å². The second kappa shape index (κ2) is 7.50. The van der Waals surface area contributed by atoms with Crippen molar-refractivity contribution in [3.63, 3.8) is 0 Å². The van der Waals surface area contributed by atoms with Crippen molar-refractivity contribution < 1.29 is 0 Å². The molecule has 0 spiro atoms. The Bertz CT molecular complexity index is 321. The Hall–Kier alpha value is -0.760. The quantitative estimate of drug-likeness (QED) is 0.526. The third-order valence-corrected chi connectivity index (χ3v) is 3.40. The van der Waals surface area contributed by atoms with Gasteiger partial charge in [-0.25, -0.2) is 4.99 Å². The standard InChI is InChI=1S/C14H21NS/c1-4-6-7-12-8-10-13(11-9-12)15-14(5-2)16-3/h8-11H,4-7H2,1-3H3. The molecule has 88 valence electrons. The van der Waals surface area contributed by atoms with E-state index in [-0.39, 0.29) is 0 Å². The molecule has 0 N–H and O–H groups in total. The SMILES string of the molecule is CCCCc1ccc(N=C(CC)SC)cc1. The largest absolute Gasteiger partial charge is 0.247 e. The van der Waals surface area contributed by atoms with Crippen LogP contribution in [0.1, 0.15) is 38.7 Å². The number of rotatable bonds is 5. The highest BCUT2D eigenvalue weighted by molar-refractivity contribution is 8.13. The van der Waals surface area contributed by atoms with Crippen LogP contribution in [0.3, 0.4) is 0 Å². The highest BCUT2D eigenvalue weighted by Crippen LogP contribution is 2.17. The zero-order chi connectivity index (χ0) is 11.8. The zero-order valence-corrected chi connectivity index (χ0v) is 11.3. The third-order valence-electron chi connectivity index (χ3n) is 2.55. The minimum Gasteiger partial charge on any atom is -0.247 e. The molecule has 16 heavy (non-hydrogen) atoms. The fraction of sp³-hybridized carbons (Fsp3) is 0.500. The van der Waals surface area contributed by atoms with Crippen molar-refractivity contribution in [3.05, 3.63) is 29.8 Å². The molecule has 0 aromatic heterocycles. The van der Waals surface area contributed by atoms with E-state index in [1.54, 1.807) is 11.8 Å². The first kappa shape index (κ1) is 13.3. The normalized spacial score (nSPS) is 11.8. The number of benzene rings is 1. The maximum absolute atomic E-state index is 4.60. The van der Waals surface area contributed by atoms with Gasteiger partial charge >= 0.3 is 0 Å². The summed E-state index contributed by atoms with van der Waals surface area (Å²) in [6.45, 7) is 4.37. The number of hydrogen-bond acceptors (Lipinski definition) is 2. The maximum Gasteiger partial charge on any atom is 0.0733 e. The predicted molar refractivity (Wildman–Crippen MR) is 76.0 cm³/mol. The Kier molecular flexibility index (Phi) is 6.24. The first-order valence-electron chi connectivity index (χ1n) is 6.00. The van der Waals surface area contributed by atoms with Gasteiger partial charge in [0.05, 0.1) is 10.7 Å². The van der Waals surface area contributed by atoms with Gasteiger partial charge in [-0.05, 0) is 43.2 Å². The summed E-state index contributed by atoms with van der Waals surface area (Å²) in [6, 6.07) is 8.64. The number of thioether (sulfide) groups is 1. The van der Waals surface area contributed by atoms with E-state index in [4.69, 9.17) is 0 Å². The van der Waals surface area contributed by atoms with Crippen LogP contribution in [0, 0.1) is 0 Å². The van der Waals surface area contributed by atoms with E-state index in [0.29, 0.717) is 0 Å². The topological polar surface area (TPSA) is 12.4 Å². The second-order valence-corrected chi connectivity index (χ2v) is 4.71. The Balaban J connectivity index is 2.67. The fourth-order valence-electron chi connectivity index (χ4n) is 1.53. The molecule has 0 aliphatic rings. The Labute approximate surface area is 103 Å². The molecule has 0 unspecified atom stereocenters. The summed E-state index contributed by atoms with van der Waals surface area (Å²) in [5.41, 5.74) is 2.49. The van der Waals surface area contributed by atoms with Crippen LogP contribution < -0.4 is 0 Å². The molecule has 0 aliphatic carbocycles. The highest BCUT2D eigenvalue weighted by Gasteiger charge is 1.96. The summed E-state index contributed by atoms with van der Waals surface area (Å²) in [5, 5.41) is 1.20. The van der Waals surface area contributed by atoms with Crippen LogP contribution in [0.5, 0.6) is 0 Å². The molecular formula is C14H21NS. The minimum absolute atomic E-state index is 1.01. The van der Waals surface area contributed by atoms with E-state index in [9.17, 15) is 0 Å². The molecule has 0 aliphatic heterocycles. The monoisotopic (exact) mass is 235 g/mol. The van der Waals surface area contributed by atoms with Gasteiger partial charge in [0.1, 0.15) is 0 Å². The molecule has 0 radical (unpaired) electrons. The molecule has 1 rings (SSSR count). The van der Waals surface area contributed by atoms with Gasteiger partial charge in [-0.15, -0.1) is 11.8 Å². The lowest BCUT2D eigenvalue weighted by atomic mass is 10.1. The van der Waals surface area contributed by atoms with Crippen molar-refractivity contribution in [2.45, 2.75) is 39.5 Å². The molecule has 0 heterocycles. The van der Waals surface area contributed by atoms with E-state index >= 15 is 0 Å². The van der Waals surface area contributed by atoms with Gasteiger partial charge in [0.2, 0.25) is 0 Å². The van der Waals surface area contributed by atoms with Crippen molar-refractivity contribution in [2.75, 3.05) is 6.26 Å². The number of aliphatic imine (C=N–C) groups is 1. The molecule has 0 saturated carbocycles. The average Bonchev–Trinajstić information content (AvgIpc) is 2.35. The Morgan fingerprint density at radius 1 is 1.19 bits per heavy atom. The predicted octanol–water partition coefficient (Wildman–Crippen LogP) is 4.83. The number of hydrogen-bond donors (Lipinski definition) is 0. The van der Waals surface area contributed by atoms with E-state index < -0.39 is 0 Å². The van der Waals surface area contributed by atoms with Crippen molar-refractivity contribution in [3.8, 4) is 0 Å². The Morgan fingerprint density at radius 3 is 2.38 bits per heavy atom. The fourth-order valence-corrected chi connectivity index (χ4v) is 2.02. The lowest BCUT2D eigenvalue weighted by Crippen LogP contribution is -1.87. The van der Waals surface area contributed by atoms with E-state index in [1.165, 1.54) is 29.9 Å². The molecule has 0 saturated heterocycles. The number of aryl methyl sites for hydroxylation is 1. The molecule has 0 atom stereocenters. The summed E-state index contributed by atoms with van der Waals surface area (Å²) < 4.78 is 0. The summed E-state index contributed by atoms with van der Waals surface area (Å²) in [6.07, 6.45) is 6.81. The molecule has 0 bridgehead atoms. The van der Waals surface area contributed by atoms with Gasteiger partial charge in [-0.3, -0.25) is 0 Å². The summed E-state index contributed by atoms with van der Waals surface area (Å²) >= 11 is 1.73. The van der Waals surface area contributed by atoms with Crippen molar-refractivity contribution >= 4 is 22.5 Å². The maximum atomic E-state index is 4.60. The summed E-state index contributed by atoms with van der Waals surface area (Å²) in [4.78, 5) is 4.60. The van der Waals surface area contributed by atoms with Gasteiger partial charge in [-0.1, -0.05) is 32.4 Å². The molecule has 0 amide bonds. The summed E-state index contributed by atoms with van der Waals surface area (Å²) in [5.74, 6) is 0. The van der Waals surface area contributed by atoms with Crippen LogP contribution in [0.15, 0.2) is 29.3 Å². The molecule has 1 aromatic carbocycles. The molecule has 0 fully saturated rings. The van der Waals surface area contributed by atoms with Crippen LogP contribution in [0.25, 0.3) is 0 Å². The first-order chi connectivity index (χ1) is 7.80. The first-order valence-corrected chi connectivity index (χ1v) is 7.23. The van der Waals surface area contributed by atoms with Crippen LogP contribution >= 0.6 is 11.8 Å². The smallest absolute Gasteiger partial charge is 0.0733 e. The van der Waals surface area contributed by atoms with Crippen LogP contribution in [-0.2, 0) is 6.42 Å². The van der Waals surface area contributed by atoms with E-state index in [2.05, 4.69) is 49.4 Å². The lowest BCUT2D eigenvalue weighted by molar-refractivity contribution is 0.795. The van der Waals surface area contributed by atoms with Crippen molar-refractivity contribution in [1.29, 1.82) is 0 Å². The molecule has 1 nitrogen and oxygen atoms in total. The van der Waals surface area contributed by atoms with Gasteiger partial charge in [0, 0.05) is 0 Å². The minimum atomic E-state index is 1.01. The molecule has 1 aromatic rings. The van der Waals surface area contributed by atoms with Gasteiger partial charge in [0.25, 0.3) is 0 Å². The van der Waals surface area contributed by atoms with Crippen LogP contribution in [0.2, 0.25) is 0 Å². The molecular weight excluding hydrogens is 214 g/mol. The lowest BCUT2D eigenvalue weighted by Gasteiger charge is -2.02.